The van der Waals surface area contributed by atoms with Crippen LogP contribution < -0.4 is 4.90 Å². The fraction of sp³-hybridized carbons (Fsp3) is 0.467. The molecule has 1 fully saturated rings. The second-order valence-electron chi connectivity index (χ2n) is 5.75. The van der Waals surface area contributed by atoms with Gasteiger partial charge in [-0.15, -0.1) is 10.2 Å². The monoisotopic (exact) mass is 332 g/mol. The van der Waals surface area contributed by atoms with Crippen LogP contribution in [0.15, 0.2) is 22.7 Å². The van der Waals surface area contributed by atoms with Crippen LogP contribution in [0.4, 0.5) is 5.69 Å². The van der Waals surface area contributed by atoms with Crippen molar-refractivity contribution in [3.05, 3.63) is 39.9 Å². The summed E-state index contributed by atoms with van der Waals surface area (Å²) in [4.78, 5) is 2.40. The summed E-state index contributed by atoms with van der Waals surface area (Å²) in [5.41, 5.74) is 2.76. The van der Waals surface area contributed by atoms with Crippen LogP contribution in [-0.4, -0.2) is 21.3 Å². The molecule has 5 heteroatoms. The molecular formula is C15H17BrN4. The third-order valence-electron chi connectivity index (χ3n) is 4.31. The van der Waals surface area contributed by atoms with Crippen molar-refractivity contribution in [2.45, 2.75) is 31.7 Å². The SMILES string of the molecule is Cn1c(CN2CCc3ccc(Br)cc32)nnc1C1CC1. The molecule has 1 aliphatic heterocycles. The molecule has 0 unspecified atom stereocenters. The summed E-state index contributed by atoms with van der Waals surface area (Å²) >= 11 is 3.56. The molecule has 104 valence electrons. The van der Waals surface area contributed by atoms with E-state index in [1.165, 1.54) is 24.1 Å². The molecule has 20 heavy (non-hydrogen) atoms. The molecule has 1 saturated carbocycles. The van der Waals surface area contributed by atoms with Crippen molar-refractivity contribution >= 4 is 21.6 Å². The molecule has 0 spiro atoms. The molecule has 1 aromatic carbocycles. The summed E-state index contributed by atoms with van der Waals surface area (Å²) < 4.78 is 3.33. The lowest BCUT2D eigenvalue weighted by Gasteiger charge is -2.19. The highest BCUT2D eigenvalue weighted by atomic mass is 79.9. The molecule has 0 atom stereocenters. The Bertz CT molecular complexity index is 660. The molecule has 2 aromatic rings. The summed E-state index contributed by atoms with van der Waals surface area (Å²) in [6.45, 7) is 1.91. The standard InChI is InChI=1S/C15H17BrN4/c1-19-14(17-18-15(19)11-2-3-11)9-20-7-6-10-4-5-12(16)8-13(10)20/h4-5,8,11H,2-3,6-7,9H2,1H3. The first-order valence-corrected chi connectivity index (χ1v) is 7.93. The lowest BCUT2D eigenvalue weighted by Crippen LogP contribution is -2.22. The van der Waals surface area contributed by atoms with Crippen molar-refractivity contribution in [1.82, 2.24) is 14.8 Å². The van der Waals surface area contributed by atoms with Crippen molar-refractivity contribution in [2.24, 2.45) is 7.05 Å². The number of benzene rings is 1. The second kappa shape index (κ2) is 4.58. The zero-order valence-electron chi connectivity index (χ0n) is 11.5. The van der Waals surface area contributed by atoms with Gasteiger partial charge >= 0.3 is 0 Å². The van der Waals surface area contributed by atoms with E-state index in [2.05, 4.69) is 60.8 Å². The predicted molar refractivity (Wildman–Crippen MR) is 81.9 cm³/mol. The Labute approximate surface area is 126 Å². The molecule has 0 radical (unpaired) electrons. The number of anilines is 1. The van der Waals surface area contributed by atoms with E-state index in [1.54, 1.807) is 0 Å². The van der Waals surface area contributed by atoms with Crippen molar-refractivity contribution in [1.29, 1.82) is 0 Å². The number of aromatic nitrogens is 3. The highest BCUT2D eigenvalue weighted by molar-refractivity contribution is 9.10. The number of hydrogen-bond acceptors (Lipinski definition) is 3. The lowest BCUT2D eigenvalue weighted by atomic mass is 10.2. The average molecular weight is 333 g/mol. The third kappa shape index (κ3) is 2.04. The molecule has 0 amide bonds. The number of rotatable bonds is 3. The van der Waals surface area contributed by atoms with Crippen molar-refractivity contribution in [3.63, 3.8) is 0 Å². The van der Waals surface area contributed by atoms with Crippen LogP contribution in [-0.2, 0) is 20.0 Å². The topological polar surface area (TPSA) is 34.0 Å². The summed E-state index contributed by atoms with van der Waals surface area (Å²) in [6, 6.07) is 6.54. The molecule has 1 aromatic heterocycles. The fourth-order valence-electron chi connectivity index (χ4n) is 2.96. The van der Waals surface area contributed by atoms with Crippen LogP contribution in [0.3, 0.4) is 0 Å². The Morgan fingerprint density at radius 3 is 2.95 bits per heavy atom. The van der Waals surface area contributed by atoms with Crippen molar-refractivity contribution < 1.29 is 0 Å². The van der Waals surface area contributed by atoms with Crippen LogP contribution in [0.25, 0.3) is 0 Å². The van der Waals surface area contributed by atoms with Gasteiger partial charge in [0.1, 0.15) is 5.82 Å². The Hall–Kier alpha value is -1.36. The Balaban J connectivity index is 1.60. The fourth-order valence-corrected chi connectivity index (χ4v) is 3.31. The first kappa shape index (κ1) is 12.4. The quantitative estimate of drug-likeness (QED) is 0.866. The molecule has 1 aliphatic carbocycles. The van der Waals surface area contributed by atoms with Gasteiger partial charge in [0.2, 0.25) is 0 Å². The molecule has 0 N–H and O–H groups in total. The van der Waals surface area contributed by atoms with E-state index >= 15 is 0 Å². The van der Waals surface area contributed by atoms with Crippen LogP contribution in [0, 0.1) is 0 Å². The molecule has 0 bridgehead atoms. The number of hydrogen-bond donors (Lipinski definition) is 0. The van der Waals surface area contributed by atoms with E-state index in [4.69, 9.17) is 0 Å². The van der Waals surface area contributed by atoms with Crippen LogP contribution in [0.1, 0.15) is 36.0 Å². The maximum atomic E-state index is 4.40. The normalized spacial score (nSPS) is 17.6. The minimum absolute atomic E-state index is 0.654. The van der Waals surface area contributed by atoms with Gasteiger partial charge in [-0.2, -0.15) is 0 Å². The van der Waals surface area contributed by atoms with E-state index in [1.807, 2.05) is 0 Å². The van der Waals surface area contributed by atoms with E-state index in [0.29, 0.717) is 5.92 Å². The van der Waals surface area contributed by atoms with Gasteiger partial charge in [0, 0.05) is 29.7 Å². The average Bonchev–Trinajstić information content (AvgIpc) is 3.12. The Morgan fingerprint density at radius 1 is 1.30 bits per heavy atom. The predicted octanol–water partition coefficient (Wildman–Crippen LogP) is 3.02. The van der Waals surface area contributed by atoms with Crippen molar-refractivity contribution in [2.75, 3.05) is 11.4 Å². The highest BCUT2D eigenvalue weighted by Gasteiger charge is 2.30. The second-order valence-corrected chi connectivity index (χ2v) is 6.67. The third-order valence-corrected chi connectivity index (χ3v) is 4.81. The minimum atomic E-state index is 0.654. The number of nitrogens with zero attached hydrogens (tertiary/aromatic N) is 4. The molecule has 0 saturated heterocycles. The zero-order valence-corrected chi connectivity index (χ0v) is 13.1. The lowest BCUT2D eigenvalue weighted by molar-refractivity contribution is 0.712. The molecule has 2 aliphatic rings. The van der Waals surface area contributed by atoms with Gasteiger partial charge in [-0.3, -0.25) is 0 Å². The van der Waals surface area contributed by atoms with E-state index in [9.17, 15) is 0 Å². The van der Waals surface area contributed by atoms with Crippen LogP contribution in [0.5, 0.6) is 0 Å². The summed E-state index contributed by atoms with van der Waals surface area (Å²) in [7, 11) is 2.10. The molecular weight excluding hydrogens is 316 g/mol. The maximum absolute atomic E-state index is 4.40. The Kier molecular flexibility index (Phi) is 2.84. The summed E-state index contributed by atoms with van der Waals surface area (Å²) in [5.74, 6) is 2.88. The van der Waals surface area contributed by atoms with Gasteiger partial charge in [0.25, 0.3) is 0 Å². The molecule has 4 rings (SSSR count). The van der Waals surface area contributed by atoms with Gasteiger partial charge in [-0.05, 0) is 37.0 Å². The Morgan fingerprint density at radius 2 is 2.15 bits per heavy atom. The van der Waals surface area contributed by atoms with E-state index in [-0.39, 0.29) is 0 Å². The van der Waals surface area contributed by atoms with Gasteiger partial charge in [0.15, 0.2) is 5.82 Å². The minimum Gasteiger partial charge on any atom is -0.363 e. The smallest absolute Gasteiger partial charge is 0.152 e. The van der Waals surface area contributed by atoms with Gasteiger partial charge in [-0.1, -0.05) is 22.0 Å². The highest BCUT2D eigenvalue weighted by Crippen LogP contribution is 2.39. The van der Waals surface area contributed by atoms with Gasteiger partial charge < -0.3 is 9.47 Å². The largest absolute Gasteiger partial charge is 0.363 e. The zero-order chi connectivity index (χ0) is 13.7. The van der Waals surface area contributed by atoms with Crippen LogP contribution >= 0.6 is 15.9 Å². The maximum Gasteiger partial charge on any atom is 0.152 e. The van der Waals surface area contributed by atoms with E-state index in [0.717, 1.165) is 35.6 Å². The van der Waals surface area contributed by atoms with Gasteiger partial charge in [0.05, 0.1) is 6.54 Å². The number of halogens is 1. The van der Waals surface area contributed by atoms with E-state index < -0.39 is 0 Å². The van der Waals surface area contributed by atoms with Crippen LogP contribution in [0.2, 0.25) is 0 Å². The first-order valence-electron chi connectivity index (χ1n) is 7.14. The summed E-state index contributed by atoms with van der Waals surface area (Å²) in [5, 5.41) is 8.77. The molecule has 2 heterocycles. The first-order chi connectivity index (χ1) is 9.72. The van der Waals surface area contributed by atoms with Crippen molar-refractivity contribution in [3.8, 4) is 0 Å². The van der Waals surface area contributed by atoms with Gasteiger partial charge in [-0.25, -0.2) is 0 Å². The number of fused-ring (bicyclic) bond motifs is 1. The molecule has 4 nitrogen and oxygen atoms in total. The summed E-state index contributed by atoms with van der Waals surface area (Å²) in [6.07, 6.45) is 3.66.